The van der Waals surface area contributed by atoms with Gasteiger partial charge in [0.1, 0.15) is 5.82 Å². The van der Waals surface area contributed by atoms with Crippen LogP contribution in [-0.2, 0) is 22.9 Å². The highest BCUT2D eigenvalue weighted by molar-refractivity contribution is 7.89. The molecular formula is C27H31FN2O2S. The lowest BCUT2D eigenvalue weighted by Gasteiger charge is -2.20. The minimum atomic E-state index is -3.59. The first-order valence-electron chi connectivity index (χ1n) is 11.6. The third-order valence-corrected chi connectivity index (χ3v) is 7.93. The molecule has 0 aliphatic carbocycles. The zero-order valence-electron chi connectivity index (χ0n) is 19.0. The zero-order chi connectivity index (χ0) is 23.3. The fourth-order valence-corrected chi connectivity index (χ4v) is 5.38. The predicted octanol–water partition coefficient (Wildman–Crippen LogP) is 5.04. The second kappa shape index (κ2) is 10.6. The van der Waals surface area contributed by atoms with Crippen LogP contribution in [0, 0.1) is 5.82 Å². The van der Waals surface area contributed by atoms with E-state index in [1.165, 1.54) is 37.1 Å². The Labute approximate surface area is 196 Å². The summed E-state index contributed by atoms with van der Waals surface area (Å²) in [4.78, 5) is 2.79. The van der Waals surface area contributed by atoms with Crippen molar-refractivity contribution in [2.75, 3.05) is 19.6 Å². The number of hydrogen-bond donors (Lipinski definition) is 1. The van der Waals surface area contributed by atoms with Crippen molar-refractivity contribution in [3.63, 3.8) is 0 Å². The number of benzene rings is 3. The molecule has 1 aliphatic heterocycles. The first-order valence-corrected chi connectivity index (χ1v) is 13.1. The van der Waals surface area contributed by atoms with Gasteiger partial charge in [-0.15, -0.1) is 0 Å². The van der Waals surface area contributed by atoms with E-state index >= 15 is 0 Å². The van der Waals surface area contributed by atoms with Crippen LogP contribution in [0.3, 0.4) is 0 Å². The lowest BCUT2D eigenvalue weighted by atomic mass is 10.0. The smallest absolute Gasteiger partial charge is 0.240 e. The first kappa shape index (κ1) is 23.6. The zero-order valence-corrected chi connectivity index (χ0v) is 19.8. The summed E-state index contributed by atoms with van der Waals surface area (Å²) in [6.45, 7) is 4.87. The molecule has 0 bridgehead atoms. The Balaban J connectivity index is 1.32. The van der Waals surface area contributed by atoms with Gasteiger partial charge in [0.25, 0.3) is 0 Å². The van der Waals surface area contributed by atoms with Gasteiger partial charge in [-0.1, -0.05) is 48.5 Å². The lowest BCUT2D eigenvalue weighted by molar-refractivity contribution is 0.272. The number of sulfonamides is 1. The van der Waals surface area contributed by atoms with Crippen LogP contribution >= 0.6 is 0 Å². The highest BCUT2D eigenvalue weighted by atomic mass is 32.2. The van der Waals surface area contributed by atoms with Crippen LogP contribution in [0.25, 0.3) is 11.1 Å². The van der Waals surface area contributed by atoms with Gasteiger partial charge in [0.2, 0.25) is 10.0 Å². The van der Waals surface area contributed by atoms with Gasteiger partial charge in [-0.3, -0.25) is 0 Å². The normalized spacial score (nSPS) is 16.8. The van der Waals surface area contributed by atoms with E-state index in [0.29, 0.717) is 12.5 Å². The van der Waals surface area contributed by atoms with Gasteiger partial charge < -0.3 is 4.90 Å². The van der Waals surface area contributed by atoms with E-state index in [2.05, 4.69) is 40.8 Å². The summed E-state index contributed by atoms with van der Waals surface area (Å²) in [7, 11) is -3.59. The molecule has 33 heavy (non-hydrogen) atoms. The molecule has 6 heteroatoms. The Bertz CT molecular complexity index is 1140. The monoisotopic (exact) mass is 466 g/mol. The summed E-state index contributed by atoms with van der Waals surface area (Å²) in [5.74, 6) is -0.300. The Morgan fingerprint density at radius 2 is 1.45 bits per heavy atom. The largest absolute Gasteiger partial charge is 0.300 e. The molecule has 4 rings (SSSR count). The molecule has 1 N–H and O–H groups in total. The number of halogens is 1. The predicted molar refractivity (Wildman–Crippen MR) is 131 cm³/mol. The van der Waals surface area contributed by atoms with Crippen molar-refractivity contribution in [3.05, 3.63) is 89.7 Å². The van der Waals surface area contributed by atoms with Gasteiger partial charge in [-0.05, 0) is 85.7 Å². The van der Waals surface area contributed by atoms with Crippen LogP contribution < -0.4 is 4.72 Å². The molecule has 0 aromatic heterocycles. The second-order valence-electron chi connectivity index (χ2n) is 8.77. The van der Waals surface area contributed by atoms with Gasteiger partial charge in [0.15, 0.2) is 0 Å². The summed E-state index contributed by atoms with van der Waals surface area (Å²) < 4.78 is 40.8. The maximum atomic E-state index is 13.0. The molecule has 1 saturated heterocycles. The second-order valence-corrected chi connectivity index (χ2v) is 10.5. The third-order valence-electron chi connectivity index (χ3n) is 6.45. The van der Waals surface area contributed by atoms with E-state index in [-0.39, 0.29) is 17.3 Å². The van der Waals surface area contributed by atoms with Crippen molar-refractivity contribution in [2.45, 2.75) is 43.5 Å². The molecule has 4 nitrogen and oxygen atoms in total. The van der Waals surface area contributed by atoms with Crippen molar-refractivity contribution in [3.8, 4) is 11.1 Å². The maximum absolute atomic E-state index is 13.0. The van der Waals surface area contributed by atoms with Crippen LogP contribution in [0.1, 0.15) is 30.9 Å². The van der Waals surface area contributed by atoms with Crippen LogP contribution in [0.5, 0.6) is 0 Å². The van der Waals surface area contributed by atoms with Crippen molar-refractivity contribution in [2.24, 2.45) is 0 Å². The van der Waals surface area contributed by atoms with E-state index in [4.69, 9.17) is 0 Å². The molecule has 1 fully saturated rings. The summed E-state index contributed by atoms with van der Waals surface area (Å²) in [5.41, 5.74) is 4.26. The molecule has 0 unspecified atom stereocenters. The molecule has 0 radical (unpaired) electrons. The van der Waals surface area contributed by atoms with Crippen molar-refractivity contribution in [1.29, 1.82) is 0 Å². The van der Waals surface area contributed by atoms with Gasteiger partial charge in [0.05, 0.1) is 4.90 Å². The third kappa shape index (κ3) is 6.28. The fourth-order valence-electron chi connectivity index (χ4n) is 4.35. The minimum Gasteiger partial charge on any atom is -0.300 e. The molecule has 3 aromatic rings. The van der Waals surface area contributed by atoms with Gasteiger partial charge in [-0.25, -0.2) is 17.5 Å². The van der Waals surface area contributed by atoms with E-state index in [0.717, 1.165) is 29.7 Å². The fraction of sp³-hybridized carbons (Fsp3) is 0.333. The number of nitrogens with one attached hydrogen (secondary N) is 1. The quantitative estimate of drug-likeness (QED) is 0.481. The SMILES string of the molecule is C[C@@H]1CCCN1CCc1ccc(-c2ccc(S(=O)(=O)NCCc3ccc(F)cc3)cc2)cc1. The standard InChI is InChI=1S/C27H31FN2O2S/c1-21-3-2-19-30(21)20-17-23-4-8-24(9-5-23)25-10-14-27(15-11-25)33(31,32)29-18-16-22-6-12-26(28)13-7-22/h4-15,21,29H,2-3,16-20H2,1H3/t21-/m1/s1. The van der Waals surface area contributed by atoms with Crippen molar-refractivity contribution in [1.82, 2.24) is 9.62 Å². The molecule has 1 heterocycles. The lowest BCUT2D eigenvalue weighted by Crippen LogP contribution is -2.28. The average Bonchev–Trinajstić information content (AvgIpc) is 3.24. The van der Waals surface area contributed by atoms with E-state index < -0.39 is 10.0 Å². The Kier molecular flexibility index (Phi) is 7.58. The highest BCUT2D eigenvalue weighted by Crippen LogP contribution is 2.23. The van der Waals surface area contributed by atoms with E-state index in [9.17, 15) is 12.8 Å². The molecule has 3 aromatic carbocycles. The number of rotatable bonds is 9. The highest BCUT2D eigenvalue weighted by Gasteiger charge is 2.19. The first-order chi connectivity index (χ1) is 15.9. The molecule has 1 aliphatic rings. The average molecular weight is 467 g/mol. The summed E-state index contributed by atoms with van der Waals surface area (Å²) in [5, 5.41) is 0. The number of nitrogens with zero attached hydrogens (tertiary/aromatic N) is 1. The van der Waals surface area contributed by atoms with Crippen LogP contribution in [0.15, 0.2) is 77.7 Å². The summed E-state index contributed by atoms with van der Waals surface area (Å²) in [6, 6.07) is 22.3. The van der Waals surface area contributed by atoms with Gasteiger partial charge >= 0.3 is 0 Å². The van der Waals surface area contributed by atoms with Crippen LogP contribution in [0.4, 0.5) is 4.39 Å². The van der Waals surface area contributed by atoms with Crippen molar-refractivity contribution < 1.29 is 12.8 Å². The van der Waals surface area contributed by atoms with Gasteiger partial charge in [-0.2, -0.15) is 0 Å². The van der Waals surface area contributed by atoms with Crippen LogP contribution in [-0.4, -0.2) is 39.0 Å². The van der Waals surface area contributed by atoms with Crippen molar-refractivity contribution >= 4 is 10.0 Å². The molecule has 0 spiro atoms. The van der Waals surface area contributed by atoms with E-state index in [1.807, 2.05) is 12.1 Å². The Morgan fingerprint density at radius 3 is 2.06 bits per heavy atom. The molecule has 0 saturated carbocycles. The summed E-state index contributed by atoms with van der Waals surface area (Å²) >= 11 is 0. The topological polar surface area (TPSA) is 49.4 Å². The molecule has 1 atom stereocenters. The molecule has 174 valence electrons. The molecular weight excluding hydrogens is 435 g/mol. The maximum Gasteiger partial charge on any atom is 0.240 e. The van der Waals surface area contributed by atoms with E-state index in [1.54, 1.807) is 24.3 Å². The number of hydrogen-bond acceptors (Lipinski definition) is 3. The summed E-state index contributed by atoms with van der Waals surface area (Å²) in [6.07, 6.45) is 4.15. The number of likely N-dealkylation sites (tertiary alicyclic amines) is 1. The Hall–Kier alpha value is -2.54. The van der Waals surface area contributed by atoms with Gasteiger partial charge in [0, 0.05) is 19.1 Å². The minimum absolute atomic E-state index is 0.238. The van der Waals surface area contributed by atoms with Crippen LogP contribution in [0.2, 0.25) is 0 Å². The Morgan fingerprint density at radius 1 is 0.879 bits per heavy atom. The molecule has 0 amide bonds.